The first kappa shape index (κ1) is 20.0. The molecule has 0 spiro atoms. The van der Waals surface area contributed by atoms with E-state index in [2.05, 4.69) is 10.6 Å². The number of amides is 5. The summed E-state index contributed by atoms with van der Waals surface area (Å²) in [5, 5.41) is 5.41. The highest BCUT2D eigenvalue weighted by Crippen LogP contribution is 2.33. The number of hydrogen-bond acceptors (Lipinski definition) is 7. The van der Waals surface area contributed by atoms with Crippen molar-refractivity contribution in [1.82, 2.24) is 20.4 Å². The molecule has 2 saturated heterocycles. The molecule has 0 aromatic heterocycles. The Balaban J connectivity index is 1.51. The largest absolute Gasteiger partial charge is 0.483 e. The number of piperazine rings is 1. The van der Waals surface area contributed by atoms with E-state index in [9.17, 15) is 24.0 Å². The number of nitrogens with zero attached hydrogens (tertiary/aromatic N) is 2. The summed E-state index contributed by atoms with van der Waals surface area (Å²) in [6, 6.07) is 3.70. The van der Waals surface area contributed by atoms with Gasteiger partial charge in [0.15, 0.2) is 6.61 Å². The zero-order valence-electron chi connectivity index (χ0n) is 16.5. The highest BCUT2D eigenvalue weighted by molar-refractivity contribution is 6.24. The summed E-state index contributed by atoms with van der Waals surface area (Å²) in [6.45, 7) is 3.55. The fraction of sp³-hybridized carbons (Fsp3) is 0.450. The lowest BCUT2D eigenvalue weighted by Crippen LogP contribution is -2.54. The van der Waals surface area contributed by atoms with Crippen molar-refractivity contribution in [3.63, 3.8) is 0 Å². The van der Waals surface area contributed by atoms with Gasteiger partial charge < -0.3 is 15.0 Å². The Hall–Kier alpha value is -3.27. The zero-order chi connectivity index (χ0) is 21.4. The van der Waals surface area contributed by atoms with Gasteiger partial charge in [-0.15, -0.1) is 0 Å². The molecule has 2 atom stereocenters. The minimum atomic E-state index is -1.05. The summed E-state index contributed by atoms with van der Waals surface area (Å²) >= 11 is 0. The topological polar surface area (TPSA) is 125 Å². The van der Waals surface area contributed by atoms with E-state index in [1.54, 1.807) is 11.0 Å². The number of benzene rings is 1. The number of hydrogen-bond donors (Lipinski definition) is 2. The van der Waals surface area contributed by atoms with Crippen LogP contribution in [0.15, 0.2) is 18.2 Å². The Morgan fingerprint density at radius 1 is 1.20 bits per heavy atom. The number of carbonyl (C=O) groups excluding carboxylic acids is 5. The van der Waals surface area contributed by atoms with Crippen molar-refractivity contribution in [3.8, 4) is 5.75 Å². The average molecular weight is 414 g/mol. The lowest BCUT2D eigenvalue weighted by Gasteiger charge is -2.31. The van der Waals surface area contributed by atoms with Gasteiger partial charge in [0.25, 0.3) is 17.7 Å². The first-order valence-electron chi connectivity index (χ1n) is 9.85. The van der Waals surface area contributed by atoms with Crippen molar-refractivity contribution in [3.05, 3.63) is 29.3 Å². The van der Waals surface area contributed by atoms with Gasteiger partial charge in [0.1, 0.15) is 11.8 Å². The summed E-state index contributed by atoms with van der Waals surface area (Å²) in [5.74, 6) is -2.47. The van der Waals surface area contributed by atoms with E-state index in [4.69, 9.17) is 4.74 Å². The summed E-state index contributed by atoms with van der Waals surface area (Å²) < 4.78 is 5.63. The third kappa shape index (κ3) is 3.54. The lowest BCUT2D eigenvalue weighted by molar-refractivity contribution is -0.136. The number of imide groups is 2. The van der Waals surface area contributed by atoms with Crippen molar-refractivity contribution in [1.29, 1.82) is 0 Å². The van der Waals surface area contributed by atoms with E-state index in [0.717, 1.165) is 4.90 Å². The number of piperidine rings is 1. The molecule has 3 aliphatic rings. The highest BCUT2D eigenvalue weighted by atomic mass is 16.5. The molecule has 5 amide bonds. The molecule has 10 heteroatoms. The number of nitrogens with one attached hydrogen (secondary N) is 2. The quantitative estimate of drug-likeness (QED) is 0.624. The molecule has 0 radical (unpaired) electrons. The summed E-state index contributed by atoms with van der Waals surface area (Å²) in [7, 11) is 0. The van der Waals surface area contributed by atoms with Crippen LogP contribution in [-0.4, -0.2) is 77.7 Å². The molecule has 30 heavy (non-hydrogen) atoms. The first-order valence-corrected chi connectivity index (χ1v) is 9.85. The van der Waals surface area contributed by atoms with Crippen molar-refractivity contribution >= 4 is 29.5 Å². The maximum Gasteiger partial charge on any atom is 0.266 e. The van der Waals surface area contributed by atoms with Crippen LogP contribution in [0.5, 0.6) is 5.75 Å². The second-order valence-corrected chi connectivity index (χ2v) is 7.61. The second kappa shape index (κ2) is 7.86. The highest BCUT2D eigenvalue weighted by Gasteiger charge is 2.46. The van der Waals surface area contributed by atoms with Gasteiger partial charge in [0.05, 0.1) is 11.1 Å². The zero-order valence-corrected chi connectivity index (χ0v) is 16.5. The number of carbonyl (C=O) groups is 5. The summed E-state index contributed by atoms with van der Waals surface area (Å²) in [5.41, 5.74) is 0.152. The molecule has 3 aliphatic heterocycles. The van der Waals surface area contributed by atoms with Gasteiger partial charge in [-0.3, -0.25) is 34.2 Å². The summed E-state index contributed by atoms with van der Waals surface area (Å²) in [4.78, 5) is 64.4. The Labute approximate surface area is 172 Å². The van der Waals surface area contributed by atoms with E-state index in [0.29, 0.717) is 19.6 Å². The van der Waals surface area contributed by atoms with Gasteiger partial charge in [-0.2, -0.15) is 0 Å². The monoisotopic (exact) mass is 414 g/mol. The van der Waals surface area contributed by atoms with Crippen LogP contribution in [0.25, 0.3) is 0 Å². The molecule has 2 unspecified atom stereocenters. The molecular weight excluding hydrogens is 392 g/mol. The molecule has 1 aromatic carbocycles. The van der Waals surface area contributed by atoms with E-state index >= 15 is 0 Å². The molecule has 158 valence electrons. The minimum absolute atomic E-state index is 0.0358. The standard InChI is InChI=1S/C20H22N4O6/c1-11-9-23(8-7-21-11)16(26)10-30-14-4-2-3-12-17(14)20(29)24(19(12)28)13-5-6-15(25)22-18(13)27/h2-4,11,13,21H,5-10H2,1H3,(H,22,25,27). The van der Waals surface area contributed by atoms with Gasteiger partial charge in [0.2, 0.25) is 11.8 Å². The molecular formula is C20H22N4O6. The Morgan fingerprint density at radius 2 is 2.00 bits per heavy atom. The van der Waals surface area contributed by atoms with E-state index in [-0.39, 0.29) is 48.3 Å². The number of ether oxygens (including phenoxy) is 1. The van der Waals surface area contributed by atoms with Crippen LogP contribution in [0.3, 0.4) is 0 Å². The predicted octanol–water partition coefficient (Wildman–Crippen LogP) is -0.713. The van der Waals surface area contributed by atoms with Crippen LogP contribution in [0.4, 0.5) is 0 Å². The van der Waals surface area contributed by atoms with Crippen LogP contribution >= 0.6 is 0 Å². The van der Waals surface area contributed by atoms with Gasteiger partial charge in [-0.25, -0.2) is 0 Å². The van der Waals surface area contributed by atoms with Crippen molar-refractivity contribution < 1.29 is 28.7 Å². The normalized spacial score (nSPS) is 24.0. The van der Waals surface area contributed by atoms with Crippen LogP contribution in [0.1, 0.15) is 40.5 Å². The molecule has 0 saturated carbocycles. The fourth-order valence-electron chi connectivity index (χ4n) is 3.99. The molecule has 2 N–H and O–H groups in total. The molecule has 1 aromatic rings. The molecule has 4 rings (SSSR count). The molecule has 0 bridgehead atoms. The molecule has 3 heterocycles. The fourth-order valence-corrected chi connectivity index (χ4v) is 3.99. The van der Waals surface area contributed by atoms with Crippen molar-refractivity contribution in [2.75, 3.05) is 26.2 Å². The van der Waals surface area contributed by atoms with Crippen LogP contribution < -0.4 is 15.4 Å². The maximum atomic E-state index is 13.0. The van der Waals surface area contributed by atoms with E-state index < -0.39 is 29.7 Å². The van der Waals surface area contributed by atoms with Crippen molar-refractivity contribution in [2.45, 2.75) is 31.8 Å². The van der Waals surface area contributed by atoms with Gasteiger partial charge in [0, 0.05) is 32.1 Å². The van der Waals surface area contributed by atoms with Crippen LogP contribution in [-0.2, 0) is 14.4 Å². The number of rotatable bonds is 4. The Kier molecular flexibility index (Phi) is 5.25. The van der Waals surface area contributed by atoms with Crippen LogP contribution in [0, 0.1) is 0 Å². The Morgan fingerprint density at radius 3 is 2.73 bits per heavy atom. The smallest absolute Gasteiger partial charge is 0.266 e. The third-order valence-electron chi connectivity index (χ3n) is 5.50. The lowest BCUT2D eigenvalue weighted by atomic mass is 10.0. The number of fused-ring (bicyclic) bond motifs is 1. The average Bonchev–Trinajstić information content (AvgIpc) is 2.97. The van der Waals surface area contributed by atoms with Gasteiger partial charge >= 0.3 is 0 Å². The molecule has 0 aliphatic carbocycles. The van der Waals surface area contributed by atoms with Crippen LogP contribution in [0.2, 0.25) is 0 Å². The molecule has 2 fully saturated rings. The van der Waals surface area contributed by atoms with E-state index in [1.807, 2.05) is 6.92 Å². The van der Waals surface area contributed by atoms with Gasteiger partial charge in [-0.1, -0.05) is 6.07 Å². The first-order chi connectivity index (χ1) is 14.4. The van der Waals surface area contributed by atoms with Crippen molar-refractivity contribution in [2.24, 2.45) is 0 Å². The van der Waals surface area contributed by atoms with E-state index in [1.165, 1.54) is 12.1 Å². The molecule has 10 nitrogen and oxygen atoms in total. The summed E-state index contributed by atoms with van der Waals surface area (Å²) in [6.07, 6.45) is 0.122. The maximum absolute atomic E-state index is 13.0. The Bertz CT molecular complexity index is 945. The predicted molar refractivity (Wildman–Crippen MR) is 103 cm³/mol. The third-order valence-corrected chi connectivity index (χ3v) is 5.50. The minimum Gasteiger partial charge on any atom is -0.483 e. The second-order valence-electron chi connectivity index (χ2n) is 7.61. The van der Waals surface area contributed by atoms with Gasteiger partial charge in [-0.05, 0) is 25.5 Å². The SMILES string of the molecule is CC1CN(C(=O)COc2cccc3c2C(=O)N(C2CCC(=O)NC2=O)C3=O)CCN1.